The number of nitrogens with zero attached hydrogens (tertiary/aromatic N) is 1. The number of carbonyl (C=O) groups excluding carboxylic acids is 1. The number of amides is 1. The fourth-order valence-corrected chi connectivity index (χ4v) is 1.43. The van der Waals surface area contributed by atoms with Gasteiger partial charge in [0, 0.05) is 18.3 Å². The molecule has 0 saturated heterocycles. The quantitative estimate of drug-likeness (QED) is 0.695. The van der Waals surface area contributed by atoms with E-state index in [9.17, 15) is 4.79 Å². The van der Waals surface area contributed by atoms with E-state index in [1.165, 1.54) is 0 Å². The van der Waals surface area contributed by atoms with Crippen LogP contribution in [0.4, 0.5) is 0 Å². The summed E-state index contributed by atoms with van der Waals surface area (Å²) in [6.45, 7) is 5.41. The minimum absolute atomic E-state index is 0.110. The number of thioether (sulfide) groups is 1. The molecule has 0 unspecified atom stereocenters. The van der Waals surface area contributed by atoms with Crippen LogP contribution in [0.1, 0.15) is 13.8 Å². The van der Waals surface area contributed by atoms with Crippen molar-refractivity contribution < 1.29 is 4.79 Å². The largest absolute Gasteiger partial charge is 0.353 e. The van der Waals surface area contributed by atoms with Crippen LogP contribution in [0.3, 0.4) is 0 Å². The molecule has 0 aliphatic rings. The van der Waals surface area contributed by atoms with E-state index in [1.54, 1.807) is 11.8 Å². The van der Waals surface area contributed by atoms with Gasteiger partial charge in [0.2, 0.25) is 5.91 Å². The fraction of sp³-hybridized carbons (Fsp3) is 0.889. The van der Waals surface area contributed by atoms with Gasteiger partial charge in [-0.15, -0.1) is 0 Å². The van der Waals surface area contributed by atoms with E-state index >= 15 is 0 Å². The molecule has 0 rings (SSSR count). The number of likely N-dealkylation sites (N-methyl/N-ethyl adjacent to an activating group) is 1. The topological polar surface area (TPSA) is 32.3 Å². The van der Waals surface area contributed by atoms with E-state index in [1.807, 2.05) is 25.8 Å². The summed E-state index contributed by atoms with van der Waals surface area (Å²) in [5.74, 6) is 1.18. The first-order valence-electron chi connectivity index (χ1n) is 4.53. The molecule has 0 aromatic rings. The molecule has 13 heavy (non-hydrogen) atoms. The lowest BCUT2D eigenvalue weighted by molar-refractivity contribution is -0.122. The molecule has 0 aliphatic carbocycles. The third-order valence-electron chi connectivity index (χ3n) is 1.54. The smallest absolute Gasteiger partial charge is 0.234 e. The van der Waals surface area contributed by atoms with Crippen molar-refractivity contribution in [1.29, 1.82) is 0 Å². The third kappa shape index (κ3) is 8.12. The molecule has 0 atom stereocenters. The van der Waals surface area contributed by atoms with Crippen LogP contribution in [-0.4, -0.2) is 49.0 Å². The summed E-state index contributed by atoms with van der Waals surface area (Å²) in [5, 5.41) is 2.86. The molecule has 0 aromatic carbocycles. The predicted octanol–water partition coefficient (Wildman–Crippen LogP) is 0.806. The average Bonchev–Trinajstić information content (AvgIpc) is 1.98. The van der Waals surface area contributed by atoms with Gasteiger partial charge in [-0.3, -0.25) is 9.69 Å². The van der Waals surface area contributed by atoms with Gasteiger partial charge in [0.1, 0.15) is 0 Å². The summed E-state index contributed by atoms with van der Waals surface area (Å²) in [7, 11) is 1.97. The molecule has 0 aromatic heterocycles. The van der Waals surface area contributed by atoms with Crippen LogP contribution >= 0.6 is 11.8 Å². The SMILES string of the molecule is CSCCN(C)CC(=O)NC(C)C. The van der Waals surface area contributed by atoms with Crippen molar-refractivity contribution in [2.45, 2.75) is 19.9 Å². The Balaban J connectivity index is 3.53. The molecule has 78 valence electrons. The Morgan fingerprint density at radius 3 is 2.62 bits per heavy atom. The minimum atomic E-state index is 0.110. The number of carbonyl (C=O) groups is 1. The van der Waals surface area contributed by atoms with Crippen molar-refractivity contribution in [3.8, 4) is 0 Å². The first-order valence-corrected chi connectivity index (χ1v) is 5.92. The van der Waals surface area contributed by atoms with Gasteiger partial charge in [-0.05, 0) is 27.2 Å². The van der Waals surface area contributed by atoms with Crippen molar-refractivity contribution in [3.05, 3.63) is 0 Å². The van der Waals surface area contributed by atoms with E-state index in [4.69, 9.17) is 0 Å². The molecule has 0 fully saturated rings. The summed E-state index contributed by atoms with van der Waals surface area (Å²) in [6.07, 6.45) is 2.07. The molecular weight excluding hydrogens is 184 g/mol. The number of nitrogens with one attached hydrogen (secondary N) is 1. The Morgan fingerprint density at radius 2 is 2.15 bits per heavy atom. The highest BCUT2D eigenvalue weighted by atomic mass is 32.2. The van der Waals surface area contributed by atoms with E-state index in [2.05, 4.69) is 11.6 Å². The summed E-state index contributed by atoms with van der Waals surface area (Å²) < 4.78 is 0. The zero-order valence-electron chi connectivity index (χ0n) is 8.96. The molecule has 1 N–H and O–H groups in total. The Kier molecular flexibility index (Phi) is 7.09. The molecule has 0 spiro atoms. The molecular formula is C9H20N2OS. The molecule has 4 heteroatoms. The molecule has 0 bridgehead atoms. The minimum Gasteiger partial charge on any atom is -0.353 e. The van der Waals surface area contributed by atoms with Gasteiger partial charge in [-0.1, -0.05) is 0 Å². The molecule has 0 heterocycles. The number of hydrogen-bond donors (Lipinski definition) is 1. The van der Waals surface area contributed by atoms with Crippen LogP contribution in [-0.2, 0) is 4.79 Å². The normalized spacial score (nSPS) is 10.9. The summed E-state index contributed by atoms with van der Waals surface area (Å²) >= 11 is 1.80. The number of hydrogen-bond acceptors (Lipinski definition) is 3. The van der Waals surface area contributed by atoms with Crippen LogP contribution in [0.2, 0.25) is 0 Å². The highest BCUT2D eigenvalue weighted by Crippen LogP contribution is 1.92. The third-order valence-corrected chi connectivity index (χ3v) is 2.13. The second kappa shape index (κ2) is 7.21. The molecule has 1 amide bonds. The van der Waals surface area contributed by atoms with Crippen molar-refractivity contribution in [2.24, 2.45) is 0 Å². The second-order valence-electron chi connectivity index (χ2n) is 3.45. The predicted molar refractivity (Wildman–Crippen MR) is 59.2 cm³/mol. The molecule has 3 nitrogen and oxygen atoms in total. The highest BCUT2D eigenvalue weighted by Gasteiger charge is 2.06. The summed E-state index contributed by atoms with van der Waals surface area (Å²) in [5.41, 5.74) is 0. The molecule has 0 aliphatic heterocycles. The van der Waals surface area contributed by atoms with Gasteiger partial charge >= 0.3 is 0 Å². The first-order chi connectivity index (χ1) is 6.06. The zero-order chi connectivity index (χ0) is 10.3. The van der Waals surface area contributed by atoms with Crippen LogP contribution in [0.5, 0.6) is 0 Å². The van der Waals surface area contributed by atoms with E-state index in [0.29, 0.717) is 6.54 Å². The standard InChI is InChI=1S/C9H20N2OS/c1-8(2)10-9(12)7-11(3)5-6-13-4/h8H,5-7H2,1-4H3,(H,10,12). The highest BCUT2D eigenvalue weighted by molar-refractivity contribution is 7.98. The maximum Gasteiger partial charge on any atom is 0.234 e. The summed E-state index contributed by atoms with van der Waals surface area (Å²) in [6, 6.07) is 0.237. The van der Waals surface area contributed by atoms with Crippen LogP contribution < -0.4 is 5.32 Å². The lowest BCUT2D eigenvalue weighted by Gasteiger charge is -2.16. The van der Waals surface area contributed by atoms with E-state index in [-0.39, 0.29) is 11.9 Å². The van der Waals surface area contributed by atoms with Crippen molar-refractivity contribution in [3.63, 3.8) is 0 Å². The zero-order valence-corrected chi connectivity index (χ0v) is 9.78. The van der Waals surface area contributed by atoms with Crippen molar-refractivity contribution >= 4 is 17.7 Å². The van der Waals surface area contributed by atoms with Crippen LogP contribution in [0, 0.1) is 0 Å². The van der Waals surface area contributed by atoms with Crippen LogP contribution in [0.15, 0.2) is 0 Å². The van der Waals surface area contributed by atoms with Gasteiger partial charge in [-0.25, -0.2) is 0 Å². The van der Waals surface area contributed by atoms with E-state index in [0.717, 1.165) is 12.3 Å². The second-order valence-corrected chi connectivity index (χ2v) is 4.44. The number of rotatable bonds is 6. The Morgan fingerprint density at radius 1 is 1.54 bits per heavy atom. The van der Waals surface area contributed by atoms with Gasteiger partial charge in [0.25, 0.3) is 0 Å². The maximum absolute atomic E-state index is 11.3. The monoisotopic (exact) mass is 204 g/mol. The first kappa shape index (κ1) is 12.8. The maximum atomic E-state index is 11.3. The van der Waals surface area contributed by atoms with Crippen LogP contribution in [0.25, 0.3) is 0 Å². The van der Waals surface area contributed by atoms with E-state index < -0.39 is 0 Å². The van der Waals surface area contributed by atoms with Gasteiger partial charge < -0.3 is 5.32 Å². The molecule has 0 saturated carbocycles. The van der Waals surface area contributed by atoms with Gasteiger partial charge in [-0.2, -0.15) is 11.8 Å². The Bertz CT molecular complexity index is 151. The van der Waals surface area contributed by atoms with Crippen molar-refractivity contribution in [1.82, 2.24) is 10.2 Å². The lowest BCUT2D eigenvalue weighted by atomic mass is 10.4. The lowest BCUT2D eigenvalue weighted by Crippen LogP contribution is -2.39. The van der Waals surface area contributed by atoms with Gasteiger partial charge in [0.15, 0.2) is 0 Å². The fourth-order valence-electron chi connectivity index (χ4n) is 0.939. The average molecular weight is 204 g/mol. The Labute approximate surface area is 85.3 Å². The summed E-state index contributed by atoms with van der Waals surface area (Å²) in [4.78, 5) is 13.3. The van der Waals surface area contributed by atoms with Crippen molar-refractivity contribution in [2.75, 3.05) is 32.1 Å². The van der Waals surface area contributed by atoms with Gasteiger partial charge in [0.05, 0.1) is 6.54 Å². The molecule has 0 radical (unpaired) electrons. The Hall–Kier alpha value is -0.220.